The van der Waals surface area contributed by atoms with Crippen LogP contribution in [0.3, 0.4) is 0 Å². The molecule has 3 aliphatic rings. The number of methoxy groups -OCH3 is 1. The van der Waals surface area contributed by atoms with Crippen molar-refractivity contribution in [2.75, 3.05) is 7.11 Å². The van der Waals surface area contributed by atoms with Crippen LogP contribution in [-0.4, -0.2) is 51.9 Å². The maximum atomic E-state index is 13.5. The zero-order chi connectivity index (χ0) is 27.7. The summed E-state index contributed by atoms with van der Waals surface area (Å²) in [4.78, 5) is 39.0. The van der Waals surface area contributed by atoms with Gasteiger partial charge in [-0.25, -0.2) is 4.79 Å². The van der Waals surface area contributed by atoms with Crippen molar-refractivity contribution in [3.63, 3.8) is 0 Å². The van der Waals surface area contributed by atoms with E-state index in [0.717, 1.165) is 5.57 Å². The van der Waals surface area contributed by atoms with Crippen LogP contribution in [0, 0.1) is 29.6 Å². The maximum Gasteiger partial charge on any atom is 0.343 e. The first kappa shape index (κ1) is 26.9. The van der Waals surface area contributed by atoms with E-state index in [9.17, 15) is 29.7 Å². The highest BCUT2D eigenvalue weighted by Gasteiger charge is 2.76. The van der Waals surface area contributed by atoms with Gasteiger partial charge in [-0.1, -0.05) is 25.2 Å². The monoisotopic (exact) mass is 512 g/mol. The van der Waals surface area contributed by atoms with Gasteiger partial charge < -0.3 is 24.8 Å². The number of carbonyl (C=O) groups excluding carboxylic acids is 2. The Labute approximate surface area is 217 Å². The molecule has 0 aromatic heterocycles. The molecule has 1 aromatic carbocycles. The summed E-state index contributed by atoms with van der Waals surface area (Å²) < 4.78 is 11.9. The van der Waals surface area contributed by atoms with E-state index in [2.05, 4.69) is 6.58 Å². The highest BCUT2D eigenvalue weighted by Crippen LogP contribution is 2.71. The number of phenols is 2. The zero-order valence-corrected chi connectivity index (χ0v) is 22.3. The molecule has 3 aliphatic carbocycles. The summed E-state index contributed by atoms with van der Waals surface area (Å²) in [6.07, 6.45) is 1.89. The number of carboxylic acid groups (broad SMARTS) is 1. The van der Waals surface area contributed by atoms with Gasteiger partial charge in [-0.15, -0.1) is 0 Å². The topological polar surface area (TPSA) is 130 Å². The number of hydrogen-bond donors (Lipinski definition) is 3. The van der Waals surface area contributed by atoms with Crippen LogP contribution in [0.5, 0.6) is 11.5 Å². The number of rotatable bonds is 6. The molecule has 0 aliphatic heterocycles. The second-order valence-electron chi connectivity index (χ2n) is 11.7. The minimum Gasteiger partial charge on any atom is -0.508 e. The molecular formula is C29H36O8. The number of aromatic hydroxyl groups is 2. The Kier molecular flexibility index (Phi) is 6.35. The number of ether oxygens (including phenoxy) is 2. The Morgan fingerprint density at radius 1 is 1.19 bits per heavy atom. The van der Waals surface area contributed by atoms with E-state index < -0.39 is 40.3 Å². The number of Topliss-reactive ketones (excluding diaryl/α,β-unsaturated/α-hetero) is 1. The summed E-state index contributed by atoms with van der Waals surface area (Å²) in [5.41, 5.74) is -1.40. The lowest BCUT2D eigenvalue weighted by atomic mass is 9.68. The Balaban J connectivity index is 1.72. The summed E-state index contributed by atoms with van der Waals surface area (Å²) >= 11 is 0. The normalized spacial score (nSPS) is 34.3. The molecule has 0 bridgehead atoms. The smallest absolute Gasteiger partial charge is 0.343 e. The number of carbonyl (C=O) groups is 3. The first-order valence-electron chi connectivity index (χ1n) is 12.6. The van der Waals surface area contributed by atoms with E-state index in [-0.39, 0.29) is 46.5 Å². The van der Waals surface area contributed by atoms with Gasteiger partial charge >= 0.3 is 11.9 Å². The largest absolute Gasteiger partial charge is 0.508 e. The fraction of sp³-hybridized carbons (Fsp3) is 0.552. The lowest BCUT2D eigenvalue weighted by Crippen LogP contribution is -2.52. The first-order valence-corrected chi connectivity index (χ1v) is 12.6. The van der Waals surface area contributed by atoms with Gasteiger partial charge in [-0.05, 0) is 76.8 Å². The van der Waals surface area contributed by atoms with Crippen molar-refractivity contribution >= 4 is 17.7 Å². The molecular weight excluding hydrogens is 476 g/mol. The summed E-state index contributed by atoms with van der Waals surface area (Å²) in [5, 5.41) is 31.2. The van der Waals surface area contributed by atoms with Crippen molar-refractivity contribution in [2.45, 2.75) is 72.0 Å². The van der Waals surface area contributed by atoms with Gasteiger partial charge in [0.15, 0.2) is 6.10 Å². The number of ketones is 1. The van der Waals surface area contributed by atoms with Gasteiger partial charge in [0.1, 0.15) is 22.7 Å². The molecule has 1 unspecified atom stereocenters. The molecule has 3 N–H and O–H groups in total. The van der Waals surface area contributed by atoms with Crippen molar-refractivity contribution in [1.82, 2.24) is 0 Å². The second-order valence-corrected chi connectivity index (χ2v) is 11.7. The van der Waals surface area contributed by atoms with Crippen molar-refractivity contribution in [1.29, 1.82) is 0 Å². The van der Waals surface area contributed by atoms with E-state index in [0.29, 0.717) is 24.8 Å². The van der Waals surface area contributed by atoms with Gasteiger partial charge in [0.2, 0.25) is 5.78 Å². The molecule has 6 atom stereocenters. The van der Waals surface area contributed by atoms with Crippen LogP contribution in [0.25, 0.3) is 0 Å². The predicted molar refractivity (Wildman–Crippen MR) is 135 cm³/mol. The average Bonchev–Trinajstić information content (AvgIpc) is 3.31. The minimum atomic E-state index is -1.29. The van der Waals surface area contributed by atoms with Gasteiger partial charge in [-0.3, -0.25) is 9.59 Å². The zero-order valence-electron chi connectivity index (χ0n) is 22.3. The molecule has 4 rings (SSSR count). The summed E-state index contributed by atoms with van der Waals surface area (Å²) in [6.45, 7) is 13.0. The van der Waals surface area contributed by atoms with E-state index in [4.69, 9.17) is 9.47 Å². The SMILES string of the molecule is C=C1C(=O)C(OC(=O)c2c(C)cc(O)c(CC=C(C)C)c2O)[C@]2(OC)C[C@H]3C[C@](C)(C(=O)O)C[C@H]3[C@]12C. The third-order valence-corrected chi connectivity index (χ3v) is 9.33. The predicted octanol–water partition coefficient (Wildman–Crippen LogP) is 4.49. The molecule has 0 radical (unpaired) electrons. The van der Waals surface area contributed by atoms with Crippen LogP contribution in [0.4, 0.5) is 0 Å². The summed E-state index contributed by atoms with van der Waals surface area (Å²) in [5.74, 6) is -2.97. The molecule has 8 nitrogen and oxygen atoms in total. The van der Waals surface area contributed by atoms with Crippen LogP contribution < -0.4 is 0 Å². The summed E-state index contributed by atoms with van der Waals surface area (Å²) in [7, 11) is 1.48. The van der Waals surface area contributed by atoms with Crippen LogP contribution >= 0.6 is 0 Å². The number of fused-ring (bicyclic) bond motifs is 3. The molecule has 37 heavy (non-hydrogen) atoms. The number of aryl methyl sites for hydroxylation is 1. The lowest BCUT2D eigenvalue weighted by Gasteiger charge is -2.42. The number of phenolic OH excluding ortho intramolecular Hbond substituents is 2. The van der Waals surface area contributed by atoms with E-state index >= 15 is 0 Å². The van der Waals surface area contributed by atoms with Crippen molar-refractivity contribution in [3.8, 4) is 11.5 Å². The van der Waals surface area contributed by atoms with Crippen molar-refractivity contribution in [2.24, 2.45) is 22.7 Å². The molecule has 0 spiro atoms. The van der Waals surface area contributed by atoms with Crippen LogP contribution in [-0.2, 0) is 25.5 Å². The van der Waals surface area contributed by atoms with Crippen molar-refractivity contribution in [3.05, 3.63) is 46.6 Å². The fourth-order valence-electron chi connectivity index (χ4n) is 7.23. The number of aliphatic carboxylic acids is 1. The van der Waals surface area contributed by atoms with E-state index in [1.807, 2.05) is 26.8 Å². The van der Waals surface area contributed by atoms with E-state index in [1.165, 1.54) is 13.2 Å². The first-order chi connectivity index (χ1) is 17.1. The van der Waals surface area contributed by atoms with Crippen LogP contribution in [0.1, 0.15) is 68.4 Å². The minimum absolute atomic E-state index is 0.0448. The molecule has 1 aromatic rings. The van der Waals surface area contributed by atoms with Crippen LogP contribution in [0.15, 0.2) is 29.9 Å². The van der Waals surface area contributed by atoms with Gasteiger partial charge in [0.25, 0.3) is 0 Å². The van der Waals surface area contributed by atoms with Gasteiger partial charge in [0, 0.05) is 23.7 Å². The van der Waals surface area contributed by atoms with E-state index in [1.54, 1.807) is 13.8 Å². The Morgan fingerprint density at radius 2 is 1.84 bits per heavy atom. The highest BCUT2D eigenvalue weighted by atomic mass is 16.6. The van der Waals surface area contributed by atoms with Crippen LogP contribution in [0.2, 0.25) is 0 Å². The maximum absolute atomic E-state index is 13.5. The second kappa shape index (κ2) is 8.72. The number of esters is 1. The average molecular weight is 513 g/mol. The molecule has 0 saturated heterocycles. The molecule has 0 heterocycles. The van der Waals surface area contributed by atoms with Gasteiger partial charge in [0.05, 0.1) is 5.41 Å². The number of carboxylic acids is 1. The standard InChI is InChI=1S/C29H36O8/c1-14(2)8-9-18-20(30)10-15(3)21(23(18)32)25(33)37-24-22(31)16(4)28(6)19-13-27(5,26(34)35)11-17(19)12-29(24,28)36-7/h8,10,17,19,24,30,32H,4,9,11-13H2,1-3,5-7H3,(H,34,35)/t17-,19-,24?,27+,28+,29-/m1/s1. The lowest BCUT2D eigenvalue weighted by molar-refractivity contribution is -0.155. The molecule has 3 fully saturated rings. The third kappa shape index (κ3) is 3.63. The number of allylic oxidation sites excluding steroid dienone is 2. The number of benzene rings is 1. The van der Waals surface area contributed by atoms with Gasteiger partial charge in [-0.2, -0.15) is 0 Å². The Hall–Kier alpha value is -3.13. The summed E-state index contributed by atoms with van der Waals surface area (Å²) in [6, 6.07) is 1.39. The number of hydrogen-bond acceptors (Lipinski definition) is 7. The molecule has 0 amide bonds. The highest BCUT2D eigenvalue weighted by molar-refractivity contribution is 6.07. The molecule has 3 saturated carbocycles. The third-order valence-electron chi connectivity index (χ3n) is 9.33. The Bertz CT molecular complexity index is 1240. The quantitative estimate of drug-likeness (QED) is 0.289. The Morgan fingerprint density at radius 3 is 2.41 bits per heavy atom. The van der Waals surface area contributed by atoms with Crippen molar-refractivity contribution < 1.29 is 39.2 Å². The molecule has 200 valence electrons. The fourth-order valence-corrected chi connectivity index (χ4v) is 7.23. The molecule has 8 heteroatoms.